The Morgan fingerprint density at radius 2 is 2.28 bits per heavy atom. The molecule has 2 aromatic heterocycles. The lowest BCUT2D eigenvalue weighted by atomic mass is 10.0. The number of rotatable bonds is 4. The highest BCUT2D eigenvalue weighted by molar-refractivity contribution is 7.11. The van der Waals surface area contributed by atoms with Gasteiger partial charge in [0.2, 0.25) is 11.8 Å². The van der Waals surface area contributed by atoms with Crippen LogP contribution < -0.4 is 10.1 Å². The van der Waals surface area contributed by atoms with Gasteiger partial charge in [0.25, 0.3) is 0 Å². The standard InChI is InChI=1S/C18H17N3O3S/c22-15-5-4-13-8-12(9-19-18(13)20-15)3-6-16(23)21-10-14(11-21)24-17-2-1-7-25-17/h1-3,6-9,14H,4-5,10-11H2,(H,19,20,22). The third-order valence-electron chi connectivity index (χ3n) is 4.22. The van der Waals surface area contributed by atoms with Crippen molar-refractivity contribution >= 4 is 35.0 Å². The van der Waals surface area contributed by atoms with Crippen molar-refractivity contribution in [3.05, 3.63) is 47.0 Å². The van der Waals surface area contributed by atoms with Crippen molar-refractivity contribution in [1.82, 2.24) is 9.88 Å². The smallest absolute Gasteiger partial charge is 0.246 e. The summed E-state index contributed by atoms with van der Waals surface area (Å²) >= 11 is 1.56. The quantitative estimate of drug-likeness (QED) is 0.855. The van der Waals surface area contributed by atoms with E-state index in [2.05, 4.69) is 10.3 Å². The molecule has 2 aliphatic rings. The molecule has 0 unspecified atom stereocenters. The maximum absolute atomic E-state index is 12.2. The van der Waals surface area contributed by atoms with Crippen molar-refractivity contribution in [3.8, 4) is 5.06 Å². The van der Waals surface area contributed by atoms with E-state index in [0.29, 0.717) is 31.7 Å². The van der Waals surface area contributed by atoms with E-state index in [0.717, 1.165) is 16.2 Å². The first-order valence-electron chi connectivity index (χ1n) is 8.13. The molecule has 7 heteroatoms. The fourth-order valence-corrected chi connectivity index (χ4v) is 3.47. The summed E-state index contributed by atoms with van der Waals surface area (Å²) in [5.41, 5.74) is 1.86. The Morgan fingerprint density at radius 3 is 3.08 bits per heavy atom. The largest absolute Gasteiger partial charge is 0.477 e. The molecule has 0 saturated carbocycles. The number of thiophene rings is 1. The van der Waals surface area contributed by atoms with Crippen LogP contribution in [-0.2, 0) is 16.0 Å². The number of carbonyl (C=O) groups is 2. The molecule has 4 rings (SSSR count). The monoisotopic (exact) mass is 355 g/mol. The molecule has 1 saturated heterocycles. The van der Waals surface area contributed by atoms with Crippen molar-refractivity contribution < 1.29 is 14.3 Å². The topological polar surface area (TPSA) is 71.5 Å². The van der Waals surface area contributed by atoms with E-state index in [1.807, 2.05) is 23.6 Å². The molecule has 0 bridgehead atoms. The minimum Gasteiger partial charge on any atom is -0.477 e. The van der Waals surface area contributed by atoms with Crippen molar-refractivity contribution in [2.24, 2.45) is 0 Å². The van der Waals surface area contributed by atoms with E-state index in [4.69, 9.17) is 4.74 Å². The summed E-state index contributed by atoms with van der Waals surface area (Å²) in [6.07, 6.45) is 6.21. The molecule has 1 fully saturated rings. The van der Waals surface area contributed by atoms with Gasteiger partial charge in [-0.05, 0) is 47.2 Å². The number of aromatic nitrogens is 1. The molecule has 1 N–H and O–H groups in total. The Labute approximate surface area is 149 Å². The molecule has 25 heavy (non-hydrogen) atoms. The number of likely N-dealkylation sites (tertiary alicyclic amines) is 1. The van der Waals surface area contributed by atoms with Gasteiger partial charge in [0.1, 0.15) is 11.9 Å². The Bertz CT molecular complexity index is 826. The number of ether oxygens (including phenoxy) is 1. The number of anilines is 1. The second-order valence-corrected chi connectivity index (χ2v) is 6.98. The molecular formula is C18H17N3O3S. The number of fused-ring (bicyclic) bond motifs is 1. The summed E-state index contributed by atoms with van der Waals surface area (Å²) in [7, 11) is 0. The molecular weight excluding hydrogens is 338 g/mol. The number of pyridine rings is 1. The average Bonchev–Trinajstić information content (AvgIpc) is 3.08. The van der Waals surface area contributed by atoms with E-state index in [-0.39, 0.29) is 17.9 Å². The minimum absolute atomic E-state index is 0.00410. The number of amides is 2. The summed E-state index contributed by atoms with van der Waals surface area (Å²) < 4.78 is 5.76. The van der Waals surface area contributed by atoms with Crippen molar-refractivity contribution in [1.29, 1.82) is 0 Å². The highest BCUT2D eigenvalue weighted by Gasteiger charge is 2.31. The van der Waals surface area contributed by atoms with Gasteiger partial charge >= 0.3 is 0 Å². The number of nitrogens with one attached hydrogen (secondary N) is 1. The van der Waals surface area contributed by atoms with Crippen LogP contribution >= 0.6 is 11.3 Å². The van der Waals surface area contributed by atoms with Gasteiger partial charge in [-0.1, -0.05) is 0 Å². The van der Waals surface area contributed by atoms with Gasteiger partial charge < -0.3 is 15.0 Å². The van der Waals surface area contributed by atoms with Gasteiger partial charge in [-0.3, -0.25) is 9.59 Å². The van der Waals surface area contributed by atoms with E-state index in [1.165, 1.54) is 0 Å². The number of aryl methyl sites for hydroxylation is 1. The molecule has 2 amide bonds. The Morgan fingerprint density at radius 1 is 1.40 bits per heavy atom. The highest BCUT2D eigenvalue weighted by atomic mass is 32.1. The maximum Gasteiger partial charge on any atom is 0.246 e. The van der Waals surface area contributed by atoms with Crippen molar-refractivity contribution in [2.75, 3.05) is 18.4 Å². The first-order chi connectivity index (χ1) is 12.2. The van der Waals surface area contributed by atoms with Crippen LogP contribution in [0.3, 0.4) is 0 Å². The van der Waals surface area contributed by atoms with Gasteiger partial charge in [-0.2, -0.15) is 0 Å². The number of hydrogen-bond acceptors (Lipinski definition) is 5. The van der Waals surface area contributed by atoms with Crippen LogP contribution in [0, 0.1) is 0 Å². The first-order valence-corrected chi connectivity index (χ1v) is 9.01. The highest BCUT2D eigenvalue weighted by Crippen LogP contribution is 2.24. The van der Waals surface area contributed by atoms with E-state index in [9.17, 15) is 9.59 Å². The lowest BCUT2D eigenvalue weighted by Gasteiger charge is -2.37. The van der Waals surface area contributed by atoms with E-state index < -0.39 is 0 Å². The SMILES string of the molecule is O=C1CCc2cc(C=CC(=O)N3CC(Oc4cccs4)C3)cnc2N1. The van der Waals surface area contributed by atoms with Crippen molar-refractivity contribution in [3.63, 3.8) is 0 Å². The fourth-order valence-electron chi connectivity index (χ4n) is 2.83. The lowest BCUT2D eigenvalue weighted by molar-refractivity contribution is -0.134. The van der Waals surface area contributed by atoms with E-state index in [1.54, 1.807) is 34.6 Å². The van der Waals surface area contributed by atoms with Gasteiger partial charge in [0.15, 0.2) is 5.06 Å². The number of carbonyl (C=O) groups excluding carboxylic acids is 2. The third-order valence-corrected chi connectivity index (χ3v) is 4.98. The molecule has 0 aliphatic carbocycles. The van der Waals surface area contributed by atoms with Gasteiger partial charge in [0.05, 0.1) is 13.1 Å². The Kier molecular flexibility index (Phi) is 4.23. The summed E-state index contributed by atoms with van der Waals surface area (Å²) in [5.74, 6) is 0.587. The van der Waals surface area contributed by atoms with E-state index >= 15 is 0 Å². The summed E-state index contributed by atoms with van der Waals surface area (Å²) in [6.45, 7) is 1.21. The molecule has 4 heterocycles. The van der Waals surface area contributed by atoms with Crippen molar-refractivity contribution in [2.45, 2.75) is 18.9 Å². The summed E-state index contributed by atoms with van der Waals surface area (Å²) in [6, 6.07) is 5.84. The predicted molar refractivity (Wildman–Crippen MR) is 95.5 cm³/mol. The average molecular weight is 355 g/mol. The first kappa shape index (κ1) is 15.8. The van der Waals surface area contributed by atoms with Gasteiger partial charge in [-0.25, -0.2) is 4.98 Å². The molecule has 0 atom stereocenters. The number of nitrogens with zero attached hydrogens (tertiary/aromatic N) is 2. The fraction of sp³-hybridized carbons (Fsp3) is 0.278. The molecule has 2 aromatic rings. The summed E-state index contributed by atoms with van der Waals surface area (Å²) in [5, 5.41) is 5.61. The van der Waals surface area contributed by atoms with Crippen LogP contribution in [0.25, 0.3) is 6.08 Å². The zero-order valence-corrected chi connectivity index (χ0v) is 14.3. The lowest BCUT2D eigenvalue weighted by Crippen LogP contribution is -2.55. The van der Waals surface area contributed by atoms with Crippen LogP contribution in [0.15, 0.2) is 35.9 Å². The molecule has 128 valence electrons. The number of hydrogen-bond donors (Lipinski definition) is 1. The molecule has 0 aromatic carbocycles. The Balaban J connectivity index is 1.32. The van der Waals surface area contributed by atoms with Gasteiger partial charge in [0, 0.05) is 18.7 Å². The third kappa shape index (κ3) is 3.56. The van der Waals surface area contributed by atoms with Crippen LogP contribution in [-0.4, -0.2) is 40.9 Å². The Hall–Kier alpha value is -2.67. The molecule has 6 nitrogen and oxygen atoms in total. The molecule has 0 spiro atoms. The maximum atomic E-state index is 12.2. The van der Waals surface area contributed by atoms with Gasteiger partial charge in [-0.15, -0.1) is 11.3 Å². The second-order valence-electron chi connectivity index (χ2n) is 6.07. The van der Waals surface area contributed by atoms with Crippen LogP contribution in [0.4, 0.5) is 5.82 Å². The predicted octanol–water partition coefficient (Wildman–Crippen LogP) is 2.33. The summed E-state index contributed by atoms with van der Waals surface area (Å²) in [4.78, 5) is 29.5. The zero-order valence-electron chi connectivity index (χ0n) is 13.5. The van der Waals surface area contributed by atoms with Crippen LogP contribution in [0.1, 0.15) is 17.5 Å². The van der Waals surface area contributed by atoms with Crippen LogP contribution in [0.5, 0.6) is 5.06 Å². The normalized spacial score (nSPS) is 17.1. The minimum atomic E-state index is -0.0305. The molecule has 2 aliphatic heterocycles. The van der Waals surface area contributed by atoms with Crippen LogP contribution in [0.2, 0.25) is 0 Å². The molecule has 0 radical (unpaired) electrons. The zero-order chi connectivity index (χ0) is 17.2. The second kappa shape index (κ2) is 6.68.